The molecule has 2 atom stereocenters. The summed E-state index contributed by atoms with van der Waals surface area (Å²) in [6, 6.07) is 10.0. The Morgan fingerprint density at radius 2 is 1.95 bits per heavy atom. The molecule has 3 aromatic heterocycles. The molecule has 2 aliphatic heterocycles. The van der Waals surface area contributed by atoms with Gasteiger partial charge in [-0.3, -0.25) is 9.20 Å². The summed E-state index contributed by atoms with van der Waals surface area (Å²) >= 11 is 0. The Hall–Kier alpha value is -4.04. The maximum atomic E-state index is 13.9. The first kappa shape index (κ1) is 29.1. The zero-order valence-electron chi connectivity index (χ0n) is 23.4. The van der Waals surface area contributed by atoms with Crippen molar-refractivity contribution < 1.29 is 31.5 Å². The number of carboxylic acids is 1. The third-order valence-corrected chi connectivity index (χ3v) is 10.3. The number of nitrogens with zero attached hydrogens (tertiary/aromatic N) is 6. The van der Waals surface area contributed by atoms with E-state index in [1.165, 1.54) is 16.6 Å². The molecule has 0 saturated carbocycles. The van der Waals surface area contributed by atoms with Crippen LogP contribution in [-0.2, 0) is 27.5 Å². The van der Waals surface area contributed by atoms with Crippen molar-refractivity contribution >= 4 is 27.5 Å². The van der Waals surface area contributed by atoms with Crippen LogP contribution in [0.3, 0.4) is 0 Å². The van der Waals surface area contributed by atoms with E-state index >= 15 is 0 Å². The van der Waals surface area contributed by atoms with E-state index in [1.807, 2.05) is 13.0 Å². The number of hydrogen-bond donors (Lipinski definition) is 1. The van der Waals surface area contributed by atoms with E-state index in [2.05, 4.69) is 20.1 Å². The summed E-state index contributed by atoms with van der Waals surface area (Å²) in [6.07, 6.45) is -0.481. The number of anilines is 1. The minimum atomic E-state index is -4.71. The molecule has 14 heteroatoms. The number of carbonyl (C=O) groups is 1. The lowest BCUT2D eigenvalue weighted by molar-refractivity contribution is -0.145. The standard InChI is InChI=1S/C29H29F3N6O4S/c1-17-7-8-19(23(14-25(39)40)22-9-12-38-26(18(22)2)34-35-28(38)29(30,31)32)13-20(17)15-36-16-21-5-4-11-37(21)27-24(43(36,41)42)6-3-10-33-27/h3,6-10,12-13,21,23H,4-5,11,14-16H2,1-2H3,(H,39,40)/t21-,23?/m1/s1. The molecule has 4 aromatic rings. The zero-order valence-corrected chi connectivity index (χ0v) is 24.2. The average Bonchev–Trinajstić information content (AvgIpc) is 3.59. The molecule has 10 nitrogen and oxygen atoms in total. The summed E-state index contributed by atoms with van der Waals surface area (Å²) in [5.41, 5.74) is 2.98. The third kappa shape index (κ3) is 5.12. The number of carboxylic acid groups (broad SMARTS) is 1. The van der Waals surface area contributed by atoms with Crippen LogP contribution in [0.4, 0.5) is 19.0 Å². The molecule has 1 fully saturated rings. The fourth-order valence-corrected chi connectivity index (χ4v) is 7.85. The van der Waals surface area contributed by atoms with Gasteiger partial charge in [0.25, 0.3) is 0 Å². The van der Waals surface area contributed by atoms with Gasteiger partial charge in [0.05, 0.1) is 6.42 Å². The lowest BCUT2D eigenvalue weighted by atomic mass is 9.85. The number of halogens is 3. The SMILES string of the molecule is Cc1ccc(C(CC(=O)O)c2ccn3c(C(F)(F)F)nnc3c2C)cc1CN1C[C@H]2CCCN2c2ncccc2S1(=O)=O. The Kier molecular flexibility index (Phi) is 7.16. The predicted molar refractivity (Wildman–Crippen MR) is 150 cm³/mol. The highest BCUT2D eigenvalue weighted by atomic mass is 32.2. The highest BCUT2D eigenvalue weighted by Crippen LogP contribution is 2.38. The van der Waals surface area contributed by atoms with Crippen LogP contribution in [0.2, 0.25) is 0 Å². The van der Waals surface area contributed by atoms with E-state index in [-0.39, 0.29) is 36.1 Å². The number of benzene rings is 1. The Labute approximate surface area is 245 Å². The molecule has 0 amide bonds. The fraction of sp³-hybridized carbons (Fsp3) is 0.379. The van der Waals surface area contributed by atoms with E-state index in [1.54, 1.807) is 37.4 Å². The van der Waals surface area contributed by atoms with E-state index in [0.717, 1.165) is 29.4 Å². The summed E-state index contributed by atoms with van der Waals surface area (Å²) in [4.78, 5) is 18.6. The number of sulfonamides is 1. The van der Waals surface area contributed by atoms with Gasteiger partial charge in [0, 0.05) is 44.0 Å². The number of aromatic nitrogens is 4. The summed E-state index contributed by atoms with van der Waals surface area (Å²) in [7, 11) is -3.90. The lowest BCUT2D eigenvalue weighted by Gasteiger charge is -2.26. The van der Waals surface area contributed by atoms with Gasteiger partial charge in [-0.05, 0) is 72.7 Å². The summed E-state index contributed by atoms with van der Waals surface area (Å²) in [5.74, 6) is -2.53. The molecule has 1 unspecified atom stereocenters. The second-order valence-electron chi connectivity index (χ2n) is 11.1. The Balaban J connectivity index is 1.40. The second kappa shape index (κ2) is 10.6. The molecular weight excluding hydrogens is 585 g/mol. The van der Waals surface area contributed by atoms with E-state index in [0.29, 0.717) is 28.1 Å². The van der Waals surface area contributed by atoms with Crippen LogP contribution >= 0.6 is 0 Å². The zero-order chi connectivity index (χ0) is 30.7. The van der Waals surface area contributed by atoms with Gasteiger partial charge in [0.15, 0.2) is 5.65 Å². The molecule has 2 aliphatic rings. The molecule has 0 radical (unpaired) electrons. The van der Waals surface area contributed by atoms with Crippen molar-refractivity contribution in [3.05, 3.63) is 82.4 Å². The van der Waals surface area contributed by atoms with Crippen LogP contribution in [-0.4, -0.2) is 62.5 Å². The number of aliphatic carboxylic acids is 1. The number of fused-ring (bicyclic) bond motifs is 4. The van der Waals surface area contributed by atoms with Crippen LogP contribution in [0, 0.1) is 13.8 Å². The molecule has 6 rings (SSSR count). The maximum absolute atomic E-state index is 13.9. The van der Waals surface area contributed by atoms with Crippen LogP contribution < -0.4 is 4.90 Å². The number of alkyl halides is 3. The minimum Gasteiger partial charge on any atom is -0.481 e. The number of rotatable bonds is 6. The van der Waals surface area contributed by atoms with Crippen molar-refractivity contribution in [2.24, 2.45) is 0 Å². The topological polar surface area (TPSA) is 121 Å². The Morgan fingerprint density at radius 3 is 2.70 bits per heavy atom. The monoisotopic (exact) mass is 614 g/mol. The predicted octanol–water partition coefficient (Wildman–Crippen LogP) is 4.54. The van der Waals surface area contributed by atoms with Gasteiger partial charge in [-0.2, -0.15) is 17.5 Å². The lowest BCUT2D eigenvalue weighted by Crippen LogP contribution is -2.39. The average molecular weight is 615 g/mol. The van der Waals surface area contributed by atoms with Gasteiger partial charge in [-0.25, -0.2) is 13.4 Å². The fourth-order valence-electron chi connectivity index (χ4n) is 6.24. The number of aryl methyl sites for hydroxylation is 2. The summed E-state index contributed by atoms with van der Waals surface area (Å²) < 4.78 is 70.4. The van der Waals surface area contributed by atoms with Crippen LogP contribution in [0.1, 0.15) is 58.8 Å². The highest BCUT2D eigenvalue weighted by molar-refractivity contribution is 7.89. The maximum Gasteiger partial charge on any atom is 0.452 e. The first-order valence-corrected chi connectivity index (χ1v) is 15.2. The molecular formula is C29H29F3N6O4S. The van der Waals surface area contributed by atoms with Crippen LogP contribution in [0.15, 0.2) is 53.7 Å². The van der Waals surface area contributed by atoms with Crippen molar-refractivity contribution in [2.45, 2.75) is 62.7 Å². The molecule has 0 aliphatic carbocycles. The van der Waals surface area contributed by atoms with Crippen molar-refractivity contribution in [3.63, 3.8) is 0 Å². The van der Waals surface area contributed by atoms with Crippen molar-refractivity contribution in [1.29, 1.82) is 0 Å². The first-order valence-electron chi connectivity index (χ1n) is 13.8. The minimum absolute atomic E-state index is 0.0170. The van der Waals surface area contributed by atoms with Gasteiger partial charge < -0.3 is 10.0 Å². The number of pyridine rings is 2. The molecule has 1 aromatic carbocycles. The van der Waals surface area contributed by atoms with Gasteiger partial charge in [0.1, 0.15) is 10.7 Å². The quantitative estimate of drug-likeness (QED) is 0.336. The largest absolute Gasteiger partial charge is 0.481 e. The van der Waals surface area contributed by atoms with E-state index in [4.69, 9.17) is 0 Å². The van der Waals surface area contributed by atoms with Crippen molar-refractivity contribution in [2.75, 3.05) is 18.0 Å². The van der Waals surface area contributed by atoms with Gasteiger partial charge in [-0.15, -0.1) is 10.2 Å². The van der Waals surface area contributed by atoms with Crippen LogP contribution in [0.25, 0.3) is 5.65 Å². The third-order valence-electron chi connectivity index (χ3n) is 8.43. The van der Waals surface area contributed by atoms with Crippen molar-refractivity contribution in [1.82, 2.24) is 23.9 Å². The van der Waals surface area contributed by atoms with Gasteiger partial charge in [0.2, 0.25) is 15.8 Å². The molecule has 43 heavy (non-hydrogen) atoms. The van der Waals surface area contributed by atoms with E-state index in [9.17, 15) is 31.5 Å². The molecule has 1 saturated heterocycles. The molecule has 226 valence electrons. The summed E-state index contributed by atoms with van der Waals surface area (Å²) in [5, 5.41) is 16.9. The first-order chi connectivity index (χ1) is 20.4. The van der Waals surface area contributed by atoms with Crippen LogP contribution in [0.5, 0.6) is 0 Å². The summed E-state index contributed by atoms with van der Waals surface area (Å²) in [6.45, 7) is 4.53. The number of hydrogen-bond acceptors (Lipinski definition) is 7. The van der Waals surface area contributed by atoms with E-state index < -0.39 is 33.9 Å². The highest BCUT2D eigenvalue weighted by Gasteiger charge is 2.40. The second-order valence-corrected chi connectivity index (χ2v) is 13.0. The molecule has 5 heterocycles. The van der Waals surface area contributed by atoms with Gasteiger partial charge >= 0.3 is 12.1 Å². The molecule has 0 bridgehead atoms. The molecule has 1 N–H and O–H groups in total. The smallest absolute Gasteiger partial charge is 0.452 e. The molecule has 0 spiro atoms. The normalized spacial score (nSPS) is 19.2. The van der Waals surface area contributed by atoms with Crippen molar-refractivity contribution in [3.8, 4) is 0 Å². The van der Waals surface area contributed by atoms with Gasteiger partial charge in [-0.1, -0.05) is 18.2 Å². The Bertz CT molecular complexity index is 1840. The Morgan fingerprint density at radius 1 is 1.16 bits per heavy atom.